The van der Waals surface area contributed by atoms with E-state index in [0.29, 0.717) is 19.3 Å². The van der Waals surface area contributed by atoms with Crippen LogP contribution in [0.25, 0.3) is 0 Å². The highest BCUT2D eigenvalue weighted by Gasteiger charge is 2.38. The number of esters is 1. The lowest BCUT2D eigenvalue weighted by Gasteiger charge is -2.27. The summed E-state index contributed by atoms with van der Waals surface area (Å²) in [6, 6.07) is 0. The third-order valence-electron chi connectivity index (χ3n) is 3.09. The lowest BCUT2D eigenvalue weighted by atomic mass is 9.79. The number of carbonyl (C=O) groups excluding carboxylic acids is 1. The van der Waals surface area contributed by atoms with Crippen molar-refractivity contribution in [3.05, 3.63) is 0 Å². The summed E-state index contributed by atoms with van der Waals surface area (Å²) in [5, 5.41) is 8.93. The van der Waals surface area contributed by atoms with Gasteiger partial charge in [0.05, 0.1) is 11.8 Å². The number of hydrogen-bond donors (Lipinski definition) is 1. The molecule has 0 heterocycles. The minimum absolute atomic E-state index is 0.276. The molecule has 1 aliphatic rings. The zero-order valence-corrected chi connectivity index (χ0v) is 9.65. The van der Waals surface area contributed by atoms with Crippen molar-refractivity contribution in [1.29, 1.82) is 0 Å². The molecule has 0 amide bonds. The Hall–Kier alpha value is -1.27. The number of ether oxygens (including phenoxy) is 1. The summed E-state index contributed by atoms with van der Waals surface area (Å²) in [4.78, 5) is 22.5. The fourth-order valence-corrected chi connectivity index (χ4v) is 2.10. The fraction of sp³-hybridized carbons (Fsp3) is 0.818. The fourth-order valence-electron chi connectivity index (χ4n) is 2.10. The minimum atomic E-state index is -3.11. The van der Waals surface area contributed by atoms with Crippen molar-refractivity contribution in [3.8, 4) is 0 Å². The Morgan fingerprint density at radius 2 is 1.78 bits per heavy atom. The van der Waals surface area contributed by atoms with Crippen LogP contribution in [0.2, 0.25) is 0 Å². The van der Waals surface area contributed by atoms with Gasteiger partial charge in [-0.05, 0) is 12.8 Å². The van der Waals surface area contributed by atoms with Crippen molar-refractivity contribution in [1.82, 2.24) is 0 Å². The van der Waals surface area contributed by atoms with Crippen LogP contribution in [0.15, 0.2) is 0 Å². The Balaban J connectivity index is 2.65. The van der Waals surface area contributed by atoms with Crippen molar-refractivity contribution in [3.63, 3.8) is 0 Å². The maximum atomic E-state index is 12.2. The van der Waals surface area contributed by atoms with Crippen molar-refractivity contribution >= 4 is 11.9 Å². The van der Waals surface area contributed by atoms with Gasteiger partial charge in [-0.1, -0.05) is 12.8 Å². The van der Waals surface area contributed by atoms with Gasteiger partial charge in [0.15, 0.2) is 6.10 Å². The maximum Gasteiger partial charge on any atom is 0.310 e. The van der Waals surface area contributed by atoms with E-state index in [1.165, 1.54) is 0 Å². The van der Waals surface area contributed by atoms with Crippen LogP contribution in [0, 0.1) is 11.8 Å². The molecule has 1 N–H and O–H groups in total. The zero-order chi connectivity index (χ0) is 13.7. The maximum absolute atomic E-state index is 12.2. The molecule has 7 heteroatoms. The molecule has 0 radical (unpaired) electrons. The van der Waals surface area contributed by atoms with Crippen molar-refractivity contribution in [2.75, 3.05) is 6.67 Å². The van der Waals surface area contributed by atoms with E-state index >= 15 is 0 Å². The number of carbonyl (C=O) groups is 2. The first-order valence-corrected chi connectivity index (χ1v) is 5.74. The van der Waals surface area contributed by atoms with Gasteiger partial charge in [0, 0.05) is 0 Å². The lowest BCUT2D eigenvalue weighted by Crippen LogP contribution is -2.37. The van der Waals surface area contributed by atoms with Crippen molar-refractivity contribution in [2.45, 2.75) is 38.2 Å². The van der Waals surface area contributed by atoms with Gasteiger partial charge in [-0.2, -0.15) is 0 Å². The molecule has 3 atom stereocenters. The Morgan fingerprint density at radius 1 is 1.22 bits per heavy atom. The molecule has 1 fully saturated rings. The van der Waals surface area contributed by atoms with Crippen molar-refractivity contribution in [2.24, 2.45) is 11.8 Å². The second-order valence-corrected chi connectivity index (χ2v) is 4.30. The van der Waals surface area contributed by atoms with Crippen LogP contribution >= 0.6 is 0 Å². The van der Waals surface area contributed by atoms with E-state index in [9.17, 15) is 22.8 Å². The molecule has 3 unspecified atom stereocenters. The van der Waals surface area contributed by atoms with E-state index in [1.807, 2.05) is 0 Å². The first kappa shape index (κ1) is 14.8. The lowest BCUT2D eigenvalue weighted by molar-refractivity contribution is -0.170. The van der Waals surface area contributed by atoms with E-state index in [0.717, 1.165) is 0 Å². The first-order valence-electron chi connectivity index (χ1n) is 5.74. The van der Waals surface area contributed by atoms with Gasteiger partial charge in [-0.25, -0.2) is 13.2 Å². The van der Waals surface area contributed by atoms with Gasteiger partial charge in [-0.15, -0.1) is 0 Å². The number of carboxylic acid groups (broad SMARTS) is 1. The summed E-state index contributed by atoms with van der Waals surface area (Å²) in [5.41, 5.74) is 0. The van der Waals surface area contributed by atoms with Crippen LogP contribution in [0.4, 0.5) is 13.2 Å². The molecule has 4 nitrogen and oxygen atoms in total. The molecule has 1 saturated carbocycles. The second kappa shape index (κ2) is 6.61. The molecule has 0 saturated heterocycles. The monoisotopic (exact) mass is 268 g/mol. The minimum Gasteiger partial charge on any atom is -0.481 e. The summed E-state index contributed by atoms with van der Waals surface area (Å²) >= 11 is 0. The predicted molar refractivity (Wildman–Crippen MR) is 54.9 cm³/mol. The van der Waals surface area contributed by atoms with Crippen LogP contribution in [0.3, 0.4) is 0 Å². The molecule has 0 spiro atoms. The Kier molecular flexibility index (Phi) is 5.43. The average molecular weight is 268 g/mol. The van der Waals surface area contributed by atoms with E-state index < -0.39 is 43.0 Å². The SMILES string of the molecule is O=C(O)C1CCCCC1C(=O)OC(CF)C(F)F. The topological polar surface area (TPSA) is 63.6 Å². The van der Waals surface area contributed by atoms with Crippen LogP contribution < -0.4 is 0 Å². The van der Waals surface area contributed by atoms with Crippen LogP contribution in [-0.4, -0.2) is 36.2 Å². The van der Waals surface area contributed by atoms with E-state index in [4.69, 9.17) is 5.11 Å². The molecule has 1 aliphatic carbocycles. The van der Waals surface area contributed by atoms with Gasteiger partial charge in [-0.3, -0.25) is 9.59 Å². The molecular weight excluding hydrogens is 253 g/mol. The first-order chi connectivity index (χ1) is 8.47. The molecule has 18 heavy (non-hydrogen) atoms. The number of hydrogen-bond acceptors (Lipinski definition) is 3. The molecular formula is C11H15F3O4. The van der Waals surface area contributed by atoms with E-state index in [2.05, 4.69) is 4.74 Å². The highest BCUT2D eigenvalue weighted by atomic mass is 19.3. The van der Waals surface area contributed by atoms with Crippen LogP contribution in [0.1, 0.15) is 25.7 Å². The summed E-state index contributed by atoms with van der Waals surface area (Å²) in [6.07, 6.45) is -3.32. The zero-order valence-electron chi connectivity index (χ0n) is 9.65. The summed E-state index contributed by atoms with van der Waals surface area (Å²) < 4.78 is 41.1. The number of carboxylic acids is 1. The smallest absolute Gasteiger partial charge is 0.310 e. The Morgan fingerprint density at radius 3 is 2.22 bits per heavy atom. The van der Waals surface area contributed by atoms with E-state index in [-0.39, 0.29) is 6.42 Å². The molecule has 0 aromatic heterocycles. The van der Waals surface area contributed by atoms with E-state index in [1.54, 1.807) is 0 Å². The molecule has 0 aliphatic heterocycles. The normalized spacial score (nSPS) is 25.8. The standard InChI is InChI=1S/C11H15F3O4/c12-5-8(9(13)14)18-11(17)7-4-2-1-3-6(7)10(15)16/h6-9H,1-5H2,(H,15,16). The van der Waals surface area contributed by atoms with Crippen LogP contribution in [0.5, 0.6) is 0 Å². The summed E-state index contributed by atoms with van der Waals surface area (Å²) in [5.74, 6) is -4.07. The molecule has 0 bridgehead atoms. The Labute approximate surface area is 102 Å². The molecule has 1 rings (SSSR count). The third-order valence-corrected chi connectivity index (χ3v) is 3.09. The number of rotatable bonds is 5. The highest BCUT2D eigenvalue weighted by Crippen LogP contribution is 2.31. The Bertz CT molecular complexity index is 309. The van der Waals surface area contributed by atoms with Gasteiger partial charge in [0.2, 0.25) is 0 Å². The van der Waals surface area contributed by atoms with Crippen molar-refractivity contribution < 1.29 is 32.6 Å². The van der Waals surface area contributed by atoms with Crippen LogP contribution in [-0.2, 0) is 14.3 Å². The van der Waals surface area contributed by atoms with Gasteiger partial charge in [0.1, 0.15) is 6.67 Å². The summed E-state index contributed by atoms with van der Waals surface area (Å²) in [7, 11) is 0. The second-order valence-electron chi connectivity index (χ2n) is 4.30. The highest BCUT2D eigenvalue weighted by molar-refractivity contribution is 5.81. The third kappa shape index (κ3) is 3.61. The number of halogens is 3. The largest absolute Gasteiger partial charge is 0.481 e. The predicted octanol–water partition coefficient (Wildman–Crippen LogP) is 2.02. The number of alkyl halides is 3. The van der Waals surface area contributed by atoms with Gasteiger partial charge in [0.25, 0.3) is 6.43 Å². The molecule has 0 aromatic carbocycles. The quantitative estimate of drug-likeness (QED) is 0.775. The summed E-state index contributed by atoms with van der Waals surface area (Å²) in [6.45, 7) is -1.48. The van der Waals surface area contributed by atoms with Gasteiger partial charge < -0.3 is 9.84 Å². The van der Waals surface area contributed by atoms with Gasteiger partial charge >= 0.3 is 11.9 Å². The molecule has 0 aromatic rings. The number of aliphatic carboxylic acids is 1. The molecule has 104 valence electrons. The average Bonchev–Trinajstić information content (AvgIpc) is 2.35.